The number of hydrogen-bond donors (Lipinski definition) is 5. The summed E-state index contributed by atoms with van der Waals surface area (Å²) in [5.41, 5.74) is 1.76. The second kappa shape index (κ2) is 24.8. The Kier molecular flexibility index (Phi) is 19.2. The smallest absolute Gasteiger partial charge is 0.321 e. The number of aromatic nitrogens is 6. The second-order valence-corrected chi connectivity index (χ2v) is 19.3. The molecule has 8 rings (SSSR count). The molecule has 22 heteroatoms. The largest absolute Gasteiger partial charge is 0.389 e. The third kappa shape index (κ3) is 16.8. The molecule has 7 heterocycles. The van der Waals surface area contributed by atoms with Gasteiger partial charge < -0.3 is 60.0 Å². The van der Waals surface area contributed by atoms with Gasteiger partial charge in [-0.05, 0) is 76.3 Å². The molecule has 1 aromatic carbocycles. The van der Waals surface area contributed by atoms with E-state index in [1.165, 1.54) is 0 Å². The molecule has 4 aromatic rings. The van der Waals surface area contributed by atoms with E-state index in [1.807, 2.05) is 36.1 Å². The van der Waals surface area contributed by atoms with Gasteiger partial charge in [-0.15, -0.1) is 0 Å². The fourth-order valence-electron chi connectivity index (χ4n) is 7.50. The number of amides is 2. The summed E-state index contributed by atoms with van der Waals surface area (Å²) in [7, 11) is 0. The van der Waals surface area contributed by atoms with Gasteiger partial charge in [0.2, 0.25) is 17.2 Å². The lowest BCUT2D eigenvalue weighted by atomic mass is 10.0. The Labute approximate surface area is 414 Å². The van der Waals surface area contributed by atoms with Gasteiger partial charge in [-0.3, -0.25) is 0 Å². The van der Waals surface area contributed by atoms with Gasteiger partial charge in [0.05, 0.1) is 56.5 Å². The molecule has 5 N–H and O–H groups in total. The van der Waals surface area contributed by atoms with Gasteiger partial charge in [-0.1, -0.05) is 42.6 Å². The average molecular weight is 1000 g/mol. The van der Waals surface area contributed by atoms with E-state index in [0.717, 1.165) is 105 Å². The number of hydrogen-bond acceptors (Lipinski definition) is 17. The summed E-state index contributed by atoms with van der Waals surface area (Å²) in [4.78, 5) is 47.0. The van der Waals surface area contributed by atoms with Crippen LogP contribution in [0.2, 0.25) is 15.6 Å². The number of urea groups is 1. The van der Waals surface area contributed by atoms with Crippen LogP contribution in [-0.2, 0) is 14.2 Å². The number of carbonyl (C=O) groups excluding carboxylic acids is 1. The van der Waals surface area contributed by atoms with E-state index in [1.54, 1.807) is 39.8 Å². The number of aryl methyl sites for hydroxylation is 1. The van der Waals surface area contributed by atoms with Crippen LogP contribution in [-0.4, -0.2) is 167 Å². The summed E-state index contributed by atoms with van der Waals surface area (Å²) in [6, 6.07) is 11.3. The van der Waals surface area contributed by atoms with Crippen molar-refractivity contribution in [2.75, 3.05) is 136 Å². The van der Waals surface area contributed by atoms with Gasteiger partial charge in [-0.2, -0.15) is 9.97 Å². The van der Waals surface area contributed by atoms with Gasteiger partial charge in [0.25, 0.3) is 0 Å². The lowest BCUT2D eigenvalue weighted by Gasteiger charge is -2.28. The van der Waals surface area contributed by atoms with Gasteiger partial charge in [0.15, 0.2) is 0 Å². The van der Waals surface area contributed by atoms with E-state index in [4.69, 9.17) is 59.0 Å². The molecule has 0 aliphatic carbocycles. The molecule has 68 heavy (non-hydrogen) atoms. The molecule has 3 aromatic heterocycles. The van der Waals surface area contributed by atoms with E-state index in [0.29, 0.717) is 80.9 Å². The number of likely N-dealkylation sites (tertiary alicyclic amines) is 1. The van der Waals surface area contributed by atoms with Gasteiger partial charge in [0.1, 0.15) is 27.8 Å². The molecule has 1 atom stereocenters. The van der Waals surface area contributed by atoms with E-state index in [-0.39, 0.29) is 11.3 Å². The lowest BCUT2D eigenvalue weighted by molar-refractivity contribution is 0.0937. The predicted octanol–water partition coefficient (Wildman–Crippen LogP) is 6.50. The molecule has 0 unspecified atom stereocenters. The van der Waals surface area contributed by atoms with E-state index in [2.05, 4.69) is 57.5 Å². The molecule has 4 aliphatic rings. The number of ether oxygens (including phenoxy) is 3. The van der Waals surface area contributed by atoms with Crippen molar-refractivity contribution in [3.05, 3.63) is 57.6 Å². The topological polar surface area (TPSA) is 212 Å². The van der Waals surface area contributed by atoms with Crippen LogP contribution in [0.4, 0.5) is 39.8 Å². The molecule has 4 saturated heterocycles. The minimum atomic E-state index is -0.898. The second-order valence-electron chi connectivity index (χ2n) is 18.2. The first-order valence-corrected chi connectivity index (χ1v) is 24.3. The zero-order valence-corrected chi connectivity index (χ0v) is 42.2. The number of nitrogens with one attached hydrogen (secondary N) is 3. The van der Waals surface area contributed by atoms with Crippen molar-refractivity contribution < 1.29 is 29.2 Å². The number of aliphatic hydroxyl groups is 2. The van der Waals surface area contributed by atoms with Crippen LogP contribution in [0.1, 0.15) is 53.0 Å². The first kappa shape index (κ1) is 52.8. The third-order valence-electron chi connectivity index (χ3n) is 11.3. The summed E-state index contributed by atoms with van der Waals surface area (Å²) in [6.45, 7) is 22.2. The monoisotopic (exact) mass is 1000 g/mol. The molecule has 2 amide bonds. The molecule has 0 saturated carbocycles. The average Bonchev–Trinajstić information content (AvgIpc) is 3.81. The molecule has 19 nitrogen and oxygen atoms in total. The summed E-state index contributed by atoms with van der Waals surface area (Å²) < 4.78 is 16.0. The maximum atomic E-state index is 12.8. The summed E-state index contributed by atoms with van der Waals surface area (Å²) in [5, 5.41) is 30.0. The Morgan fingerprint density at radius 1 is 0.676 bits per heavy atom. The normalized spacial score (nSPS) is 17.7. The summed E-state index contributed by atoms with van der Waals surface area (Å²) in [5.74, 6) is 3.83. The van der Waals surface area contributed by atoms with E-state index >= 15 is 0 Å². The first-order chi connectivity index (χ1) is 32.4. The molecule has 0 spiro atoms. The number of rotatable bonds is 12. The molecule has 0 bridgehead atoms. The Hall–Kier alpha value is -4.60. The van der Waals surface area contributed by atoms with Crippen molar-refractivity contribution in [3.8, 4) is 11.3 Å². The number of anilines is 6. The molecule has 372 valence electrons. The first-order valence-electron chi connectivity index (χ1n) is 23.1. The molecule has 0 radical (unpaired) electrons. The fraction of sp³-hybridized carbons (Fsp3) is 0.587. The fourth-order valence-corrected chi connectivity index (χ4v) is 8.07. The highest BCUT2D eigenvalue weighted by Crippen LogP contribution is 2.30. The minimum Gasteiger partial charge on any atom is -0.389 e. The van der Waals surface area contributed by atoms with E-state index < -0.39 is 11.2 Å². The Bertz CT molecular complexity index is 2230. The standard InChI is InChI=1S/C26H38N6O3.C12H19ClN4O2.C8H9Cl2N3O/c1-5-19-8-9-32(16-19)25(33)28-20-7-6-18(2)21(14-20)22-15-23(31-10-12-35-13-11-31)30-24(29-22)27-17-26(3,4)34;1-12(2,18)8-14-11-15-9(13)7-10(16-11)17-3-5-19-6-4-17;9-6-5-7(12-8(10)11-6)13-1-3-14-4-2-13/h6-7,14-15,19,34H,5,8-13,16-17H2,1-4H3,(H,28,33)(H,27,29,30);7,18H,3-6,8H2,1-2H3,(H,14,15,16);5H,1-4H2/t19-;;/m1../s1. The molecular weight excluding hydrogens is 937 g/mol. The minimum absolute atomic E-state index is 0.0556. The Balaban J connectivity index is 0.000000192. The van der Waals surface area contributed by atoms with Crippen LogP contribution in [0.3, 0.4) is 0 Å². The molecule has 4 fully saturated rings. The quantitative estimate of drug-likeness (QED) is 0.0757. The number of halogens is 3. The van der Waals surface area contributed by atoms with Gasteiger partial charge in [0, 0.05) is 94.9 Å². The SMILES string of the molecule is CC(C)(O)CNc1nc(Cl)cc(N2CCOCC2)n1.CC[C@@H]1CCN(C(=O)Nc2ccc(C)c(-c3cc(N4CCOCC4)nc(NCC(C)(C)O)n3)c2)C1.Clc1cc(N2CCOCC2)nc(Cl)n1. The van der Waals surface area contributed by atoms with Crippen molar-refractivity contribution in [2.24, 2.45) is 5.92 Å². The molecular formula is C46H66Cl3N13O6. The highest BCUT2D eigenvalue weighted by atomic mass is 35.5. The maximum absolute atomic E-state index is 12.8. The number of nitrogens with zero attached hydrogens (tertiary/aromatic N) is 10. The molecule has 4 aliphatic heterocycles. The van der Waals surface area contributed by atoms with E-state index in [9.17, 15) is 15.0 Å². The zero-order valence-electron chi connectivity index (χ0n) is 39.9. The number of morpholine rings is 3. The third-order valence-corrected chi connectivity index (χ3v) is 11.9. The summed E-state index contributed by atoms with van der Waals surface area (Å²) in [6.07, 6.45) is 2.16. The predicted molar refractivity (Wildman–Crippen MR) is 269 cm³/mol. The maximum Gasteiger partial charge on any atom is 0.321 e. The summed E-state index contributed by atoms with van der Waals surface area (Å²) >= 11 is 17.5. The lowest BCUT2D eigenvalue weighted by Crippen LogP contribution is -2.37. The van der Waals surface area contributed by atoms with Gasteiger partial charge >= 0.3 is 6.03 Å². The highest BCUT2D eigenvalue weighted by molar-refractivity contribution is 6.32. The van der Waals surface area contributed by atoms with Crippen molar-refractivity contribution in [1.29, 1.82) is 0 Å². The van der Waals surface area contributed by atoms with Crippen molar-refractivity contribution in [3.63, 3.8) is 0 Å². The Morgan fingerprint density at radius 3 is 1.65 bits per heavy atom. The van der Waals surface area contributed by atoms with Gasteiger partial charge in [-0.25, -0.2) is 24.7 Å². The van der Waals surface area contributed by atoms with Crippen molar-refractivity contribution in [1.82, 2.24) is 34.8 Å². The van der Waals surface area contributed by atoms with Crippen molar-refractivity contribution in [2.45, 2.75) is 65.6 Å². The van der Waals surface area contributed by atoms with Crippen LogP contribution in [0.25, 0.3) is 11.3 Å². The highest BCUT2D eigenvalue weighted by Gasteiger charge is 2.26. The van der Waals surface area contributed by atoms with Crippen LogP contribution in [0.15, 0.2) is 36.4 Å². The van der Waals surface area contributed by atoms with Crippen molar-refractivity contribution >= 4 is 75.9 Å². The zero-order chi connectivity index (χ0) is 48.8. The van der Waals surface area contributed by atoms with Crippen LogP contribution < -0.4 is 30.7 Å². The van der Waals surface area contributed by atoms with Crippen LogP contribution >= 0.6 is 34.8 Å². The number of carbonyl (C=O) groups is 1. The Morgan fingerprint density at radius 2 is 1.16 bits per heavy atom. The van der Waals surface area contributed by atoms with Crippen LogP contribution in [0, 0.1) is 12.8 Å². The number of benzene rings is 1. The van der Waals surface area contributed by atoms with Crippen LogP contribution in [0.5, 0.6) is 0 Å².